The van der Waals surface area contributed by atoms with Crippen molar-refractivity contribution in [3.8, 4) is 5.75 Å². The number of furan rings is 1. The van der Waals surface area contributed by atoms with E-state index in [1.807, 2.05) is 13.8 Å². The van der Waals surface area contributed by atoms with Gasteiger partial charge in [-0.2, -0.15) is 0 Å². The number of ether oxygens (including phenoxy) is 1. The quantitative estimate of drug-likeness (QED) is 0.859. The van der Waals surface area contributed by atoms with Crippen molar-refractivity contribution in [2.75, 3.05) is 6.54 Å². The Labute approximate surface area is 128 Å². The first kappa shape index (κ1) is 16.0. The minimum Gasteiger partial charge on any atom is -0.486 e. The lowest BCUT2D eigenvalue weighted by Crippen LogP contribution is -2.45. The lowest BCUT2D eigenvalue weighted by molar-refractivity contribution is 0.0914. The van der Waals surface area contributed by atoms with Crippen LogP contribution in [-0.2, 0) is 6.61 Å². The van der Waals surface area contributed by atoms with Crippen molar-refractivity contribution < 1.29 is 18.3 Å². The number of rotatable bonds is 6. The number of hydrogen-bond donors (Lipinski definition) is 2. The second-order valence-corrected chi connectivity index (χ2v) is 5.68. The largest absolute Gasteiger partial charge is 0.486 e. The number of carbonyl (C=O) groups excluding carboxylic acids is 1. The summed E-state index contributed by atoms with van der Waals surface area (Å²) < 4.78 is 23.6. The monoisotopic (exact) mass is 306 g/mol. The Bertz CT molecular complexity index is 630. The molecule has 0 spiro atoms. The molecule has 1 heterocycles. The van der Waals surface area contributed by atoms with Crippen LogP contribution in [0, 0.1) is 5.82 Å². The van der Waals surface area contributed by atoms with Gasteiger partial charge >= 0.3 is 0 Å². The van der Waals surface area contributed by atoms with Gasteiger partial charge in [0.25, 0.3) is 5.91 Å². The van der Waals surface area contributed by atoms with Crippen LogP contribution in [0.2, 0.25) is 0 Å². The van der Waals surface area contributed by atoms with E-state index in [-0.39, 0.29) is 24.1 Å². The van der Waals surface area contributed by atoms with E-state index in [1.165, 1.54) is 24.3 Å². The van der Waals surface area contributed by atoms with Gasteiger partial charge in [-0.25, -0.2) is 4.39 Å². The van der Waals surface area contributed by atoms with Gasteiger partial charge in [-0.1, -0.05) is 0 Å². The van der Waals surface area contributed by atoms with Gasteiger partial charge in [0, 0.05) is 12.1 Å². The fraction of sp³-hybridized carbons (Fsp3) is 0.312. The summed E-state index contributed by atoms with van der Waals surface area (Å²) in [5, 5.41) is 2.69. The summed E-state index contributed by atoms with van der Waals surface area (Å²) in [6, 6.07) is 8.90. The van der Waals surface area contributed by atoms with Crippen molar-refractivity contribution >= 4 is 5.91 Å². The van der Waals surface area contributed by atoms with E-state index >= 15 is 0 Å². The molecule has 0 bridgehead atoms. The van der Waals surface area contributed by atoms with Crippen molar-refractivity contribution in [2.45, 2.75) is 26.0 Å². The molecule has 1 aromatic heterocycles. The Morgan fingerprint density at radius 3 is 2.59 bits per heavy atom. The van der Waals surface area contributed by atoms with Crippen LogP contribution in [0.5, 0.6) is 5.75 Å². The Morgan fingerprint density at radius 2 is 1.95 bits per heavy atom. The first-order valence-electron chi connectivity index (χ1n) is 6.88. The normalized spacial score (nSPS) is 11.3. The molecule has 0 atom stereocenters. The van der Waals surface area contributed by atoms with Crippen LogP contribution >= 0.6 is 0 Å². The van der Waals surface area contributed by atoms with Crippen LogP contribution < -0.4 is 15.8 Å². The number of halogens is 1. The molecule has 2 aromatic rings. The molecule has 22 heavy (non-hydrogen) atoms. The zero-order valence-corrected chi connectivity index (χ0v) is 12.6. The summed E-state index contributed by atoms with van der Waals surface area (Å²) in [5.41, 5.74) is 5.31. The van der Waals surface area contributed by atoms with E-state index in [1.54, 1.807) is 12.1 Å². The third-order valence-electron chi connectivity index (χ3n) is 2.78. The Hall–Kier alpha value is -2.34. The highest BCUT2D eigenvalue weighted by Gasteiger charge is 2.16. The number of hydrogen-bond acceptors (Lipinski definition) is 4. The number of amides is 1. The minimum atomic E-state index is -0.489. The third-order valence-corrected chi connectivity index (χ3v) is 2.78. The minimum absolute atomic E-state index is 0.154. The van der Waals surface area contributed by atoms with E-state index in [9.17, 15) is 9.18 Å². The van der Waals surface area contributed by atoms with Gasteiger partial charge in [0.05, 0.1) is 0 Å². The average molecular weight is 306 g/mol. The highest BCUT2D eigenvalue weighted by molar-refractivity contribution is 5.91. The summed E-state index contributed by atoms with van der Waals surface area (Å²) in [4.78, 5) is 11.9. The van der Waals surface area contributed by atoms with Gasteiger partial charge in [0.2, 0.25) is 0 Å². The predicted octanol–water partition coefficient (Wildman–Crippen LogP) is 2.46. The molecule has 0 saturated heterocycles. The molecule has 1 aromatic carbocycles. The first-order chi connectivity index (χ1) is 10.3. The highest BCUT2D eigenvalue weighted by Crippen LogP contribution is 2.15. The van der Waals surface area contributed by atoms with Gasteiger partial charge in [-0.15, -0.1) is 0 Å². The summed E-state index contributed by atoms with van der Waals surface area (Å²) in [6.45, 7) is 4.13. The van der Waals surface area contributed by atoms with Crippen LogP contribution in [-0.4, -0.2) is 18.0 Å². The van der Waals surface area contributed by atoms with Crippen molar-refractivity contribution in [2.24, 2.45) is 5.73 Å². The second-order valence-electron chi connectivity index (χ2n) is 5.68. The zero-order chi connectivity index (χ0) is 16.2. The van der Waals surface area contributed by atoms with Crippen molar-refractivity contribution in [1.82, 2.24) is 5.32 Å². The summed E-state index contributed by atoms with van der Waals surface area (Å²) in [5.74, 6) is 0.566. The van der Waals surface area contributed by atoms with Gasteiger partial charge in [0.15, 0.2) is 5.76 Å². The lowest BCUT2D eigenvalue weighted by atomic mass is 10.1. The molecule has 2 rings (SSSR count). The molecular formula is C16H19FN2O3. The molecule has 0 unspecified atom stereocenters. The lowest BCUT2D eigenvalue weighted by Gasteiger charge is -2.18. The second kappa shape index (κ2) is 6.62. The fourth-order valence-electron chi connectivity index (χ4n) is 1.66. The van der Waals surface area contributed by atoms with E-state index in [0.717, 1.165) is 0 Å². The zero-order valence-electron chi connectivity index (χ0n) is 12.6. The van der Waals surface area contributed by atoms with Crippen molar-refractivity contribution in [3.05, 3.63) is 53.7 Å². The molecule has 5 nitrogen and oxygen atoms in total. The molecule has 6 heteroatoms. The van der Waals surface area contributed by atoms with Gasteiger partial charge in [-0.05, 0) is 50.2 Å². The molecule has 0 aliphatic heterocycles. The SMILES string of the molecule is CC(C)(N)CNC(=O)c1ccc(COc2ccc(F)cc2)o1. The van der Waals surface area contributed by atoms with Gasteiger partial charge < -0.3 is 20.2 Å². The van der Waals surface area contributed by atoms with Gasteiger partial charge in [0.1, 0.15) is 23.9 Å². The standard InChI is InChI=1S/C16H19FN2O3/c1-16(2,18)10-19-15(20)14-8-7-13(22-14)9-21-12-5-3-11(17)4-6-12/h3-8H,9-10,18H2,1-2H3,(H,19,20). The number of carbonyl (C=O) groups is 1. The first-order valence-corrected chi connectivity index (χ1v) is 6.88. The maximum atomic E-state index is 12.8. The predicted molar refractivity (Wildman–Crippen MR) is 80.0 cm³/mol. The number of nitrogens with one attached hydrogen (secondary N) is 1. The molecule has 0 aliphatic carbocycles. The van der Waals surface area contributed by atoms with Crippen LogP contribution in [0.15, 0.2) is 40.8 Å². The van der Waals surface area contributed by atoms with Crippen LogP contribution in [0.4, 0.5) is 4.39 Å². The van der Waals surface area contributed by atoms with E-state index in [0.29, 0.717) is 18.1 Å². The van der Waals surface area contributed by atoms with Crippen LogP contribution in [0.25, 0.3) is 0 Å². The van der Waals surface area contributed by atoms with Crippen molar-refractivity contribution in [1.29, 1.82) is 0 Å². The van der Waals surface area contributed by atoms with Crippen LogP contribution in [0.1, 0.15) is 30.2 Å². The summed E-state index contributed by atoms with van der Waals surface area (Å²) in [7, 11) is 0. The van der Waals surface area contributed by atoms with E-state index in [2.05, 4.69) is 5.32 Å². The van der Waals surface area contributed by atoms with Gasteiger partial charge in [-0.3, -0.25) is 4.79 Å². The Balaban J connectivity index is 1.88. The molecular weight excluding hydrogens is 287 g/mol. The smallest absolute Gasteiger partial charge is 0.287 e. The molecule has 0 saturated carbocycles. The van der Waals surface area contributed by atoms with E-state index < -0.39 is 5.54 Å². The molecule has 118 valence electrons. The maximum Gasteiger partial charge on any atom is 0.287 e. The Morgan fingerprint density at radius 1 is 1.27 bits per heavy atom. The third kappa shape index (κ3) is 4.89. The summed E-state index contributed by atoms with van der Waals surface area (Å²) in [6.07, 6.45) is 0. The van der Waals surface area contributed by atoms with E-state index in [4.69, 9.17) is 14.9 Å². The Kier molecular flexibility index (Phi) is 4.82. The topological polar surface area (TPSA) is 77.5 Å². The fourth-order valence-corrected chi connectivity index (χ4v) is 1.66. The molecule has 0 fully saturated rings. The van der Waals surface area contributed by atoms with Crippen LogP contribution in [0.3, 0.4) is 0 Å². The average Bonchev–Trinajstić information content (AvgIpc) is 2.92. The molecule has 3 N–H and O–H groups in total. The molecule has 0 aliphatic rings. The highest BCUT2D eigenvalue weighted by atomic mass is 19.1. The number of nitrogens with two attached hydrogens (primary N) is 1. The molecule has 0 radical (unpaired) electrons. The number of benzene rings is 1. The maximum absolute atomic E-state index is 12.8. The van der Waals surface area contributed by atoms with Crippen molar-refractivity contribution in [3.63, 3.8) is 0 Å². The summed E-state index contributed by atoms with van der Waals surface area (Å²) >= 11 is 0. The molecule has 1 amide bonds.